The zero-order valence-corrected chi connectivity index (χ0v) is 16.1. The second-order valence-electron chi connectivity index (χ2n) is 7.81. The average Bonchev–Trinajstić information content (AvgIpc) is 2.50. The molecule has 0 radical (unpaired) electrons. The van der Waals surface area contributed by atoms with E-state index in [1.165, 1.54) is 17.0 Å². The van der Waals surface area contributed by atoms with Gasteiger partial charge in [0.05, 0.1) is 12.2 Å². The first-order chi connectivity index (χ1) is 11.3. The molecule has 2 rings (SSSR count). The van der Waals surface area contributed by atoms with Crippen molar-refractivity contribution in [2.24, 2.45) is 17.8 Å². The van der Waals surface area contributed by atoms with Crippen molar-refractivity contribution >= 4 is 15.9 Å². The molecule has 0 aromatic carbocycles. The summed E-state index contributed by atoms with van der Waals surface area (Å²) in [6.45, 7) is 9.48. The summed E-state index contributed by atoms with van der Waals surface area (Å²) < 4.78 is 24.7. The van der Waals surface area contributed by atoms with E-state index in [0.29, 0.717) is 19.6 Å². The van der Waals surface area contributed by atoms with E-state index in [2.05, 4.69) is 24.1 Å². The highest BCUT2D eigenvalue weighted by atomic mass is 32.2. The van der Waals surface area contributed by atoms with Gasteiger partial charge in [-0.15, -0.1) is 0 Å². The fourth-order valence-corrected chi connectivity index (χ4v) is 5.00. The second-order valence-corrected chi connectivity index (χ2v) is 9.79. The van der Waals surface area contributed by atoms with Crippen LogP contribution >= 0.6 is 0 Å². The molecule has 0 spiro atoms. The van der Waals surface area contributed by atoms with Gasteiger partial charge in [-0.2, -0.15) is 0 Å². The van der Waals surface area contributed by atoms with E-state index in [1.807, 2.05) is 0 Å². The van der Waals surface area contributed by atoms with Gasteiger partial charge in [0.1, 0.15) is 0 Å². The number of likely N-dealkylation sites (tertiary alicyclic amines) is 1. The van der Waals surface area contributed by atoms with Crippen LogP contribution in [-0.2, 0) is 14.8 Å². The second kappa shape index (κ2) is 8.63. The maximum absolute atomic E-state index is 12.3. The molecule has 2 heterocycles. The van der Waals surface area contributed by atoms with Crippen molar-refractivity contribution < 1.29 is 13.2 Å². The van der Waals surface area contributed by atoms with Crippen LogP contribution in [0.4, 0.5) is 0 Å². The van der Waals surface area contributed by atoms with E-state index in [0.717, 1.165) is 50.7 Å². The van der Waals surface area contributed by atoms with Crippen molar-refractivity contribution in [2.75, 3.05) is 45.5 Å². The largest absolute Gasteiger partial charge is 0.356 e. The van der Waals surface area contributed by atoms with Gasteiger partial charge in [-0.1, -0.05) is 13.8 Å². The molecule has 2 fully saturated rings. The van der Waals surface area contributed by atoms with Crippen molar-refractivity contribution in [1.29, 1.82) is 0 Å². The molecule has 0 aliphatic carbocycles. The first-order valence-electron chi connectivity index (χ1n) is 9.21. The maximum atomic E-state index is 12.3. The van der Waals surface area contributed by atoms with Crippen molar-refractivity contribution in [3.05, 3.63) is 0 Å². The SMILES string of the molecule is C[C@@H]1C[C@@H](C)CN(CCCNC(=O)[C@@H]2CCCN(S(C)(=O)=O)C2)C1. The molecule has 24 heavy (non-hydrogen) atoms. The number of hydrogen-bond donors (Lipinski definition) is 1. The van der Waals surface area contributed by atoms with Gasteiger partial charge in [0.2, 0.25) is 15.9 Å². The fraction of sp³-hybridized carbons (Fsp3) is 0.941. The molecule has 1 N–H and O–H groups in total. The topological polar surface area (TPSA) is 69.7 Å². The van der Waals surface area contributed by atoms with Crippen LogP contribution in [-0.4, -0.2) is 69.1 Å². The van der Waals surface area contributed by atoms with Gasteiger partial charge in [-0.05, 0) is 44.1 Å². The summed E-state index contributed by atoms with van der Waals surface area (Å²) in [6, 6.07) is 0. The number of amides is 1. The summed E-state index contributed by atoms with van der Waals surface area (Å²) in [5.74, 6) is 1.31. The molecular formula is C17H33N3O3S. The van der Waals surface area contributed by atoms with Crippen molar-refractivity contribution in [3.63, 3.8) is 0 Å². The number of piperidine rings is 2. The highest BCUT2D eigenvalue weighted by Gasteiger charge is 2.30. The van der Waals surface area contributed by atoms with Crippen LogP contribution in [0.25, 0.3) is 0 Å². The third-order valence-electron chi connectivity index (χ3n) is 5.12. The number of carbonyl (C=O) groups is 1. The number of hydrogen-bond acceptors (Lipinski definition) is 4. The van der Waals surface area contributed by atoms with Crippen LogP contribution in [0.3, 0.4) is 0 Å². The molecule has 140 valence electrons. The Morgan fingerprint density at radius 3 is 2.46 bits per heavy atom. The van der Waals surface area contributed by atoms with Crippen molar-refractivity contribution in [1.82, 2.24) is 14.5 Å². The summed E-state index contributed by atoms with van der Waals surface area (Å²) in [5, 5.41) is 3.00. The molecule has 2 aliphatic heterocycles. The van der Waals surface area contributed by atoms with Gasteiger partial charge in [-0.25, -0.2) is 12.7 Å². The van der Waals surface area contributed by atoms with Crippen LogP contribution < -0.4 is 5.32 Å². The minimum Gasteiger partial charge on any atom is -0.356 e. The van der Waals surface area contributed by atoms with E-state index in [4.69, 9.17) is 0 Å². The van der Waals surface area contributed by atoms with E-state index in [1.54, 1.807) is 0 Å². The van der Waals surface area contributed by atoms with Crippen LogP contribution in [0.15, 0.2) is 0 Å². The molecule has 0 aromatic heterocycles. The summed E-state index contributed by atoms with van der Waals surface area (Å²) in [6.07, 6.45) is 5.01. The molecule has 2 aliphatic rings. The number of carbonyl (C=O) groups excluding carboxylic acids is 1. The number of nitrogens with zero attached hydrogens (tertiary/aromatic N) is 2. The Bertz CT molecular complexity index is 513. The summed E-state index contributed by atoms with van der Waals surface area (Å²) in [4.78, 5) is 14.8. The van der Waals surface area contributed by atoms with Gasteiger partial charge in [0.25, 0.3) is 0 Å². The normalized spacial score (nSPS) is 30.2. The zero-order chi connectivity index (χ0) is 17.7. The van der Waals surface area contributed by atoms with Crippen LogP contribution in [0.2, 0.25) is 0 Å². The first kappa shape index (κ1) is 19.7. The average molecular weight is 360 g/mol. The molecule has 0 aromatic rings. The molecule has 1 amide bonds. The Labute approximate surface area is 147 Å². The number of rotatable bonds is 6. The number of sulfonamides is 1. The van der Waals surface area contributed by atoms with Gasteiger partial charge in [0.15, 0.2) is 0 Å². The van der Waals surface area contributed by atoms with Crippen molar-refractivity contribution in [3.8, 4) is 0 Å². The predicted octanol–water partition coefficient (Wildman–Crippen LogP) is 1.14. The summed E-state index contributed by atoms with van der Waals surface area (Å²) in [7, 11) is -3.20. The molecule has 2 saturated heterocycles. The molecule has 6 nitrogen and oxygen atoms in total. The third-order valence-corrected chi connectivity index (χ3v) is 6.39. The van der Waals surface area contributed by atoms with Gasteiger partial charge >= 0.3 is 0 Å². The van der Waals surface area contributed by atoms with Crippen molar-refractivity contribution in [2.45, 2.75) is 39.5 Å². The molecule has 3 atom stereocenters. The molecule has 0 unspecified atom stereocenters. The lowest BCUT2D eigenvalue weighted by Crippen LogP contribution is -2.45. The zero-order valence-electron chi connectivity index (χ0n) is 15.3. The minimum atomic E-state index is -3.20. The Kier molecular flexibility index (Phi) is 7.07. The predicted molar refractivity (Wildman–Crippen MR) is 96.2 cm³/mol. The van der Waals surface area contributed by atoms with E-state index in [9.17, 15) is 13.2 Å². The lowest BCUT2D eigenvalue weighted by molar-refractivity contribution is -0.126. The van der Waals surface area contributed by atoms with Gasteiger partial charge in [-0.3, -0.25) is 4.79 Å². The van der Waals surface area contributed by atoms with E-state index in [-0.39, 0.29) is 11.8 Å². The lowest BCUT2D eigenvalue weighted by atomic mass is 9.92. The summed E-state index contributed by atoms with van der Waals surface area (Å²) in [5.41, 5.74) is 0. The molecular weight excluding hydrogens is 326 g/mol. The highest BCUT2D eigenvalue weighted by Crippen LogP contribution is 2.21. The Hall–Kier alpha value is -0.660. The van der Waals surface area contributed by atoms with Crippen LogP contribution in [0.5, 0.6) is 0 Å². The van der Waals surface area contributed by atoms with Crippen LogP contribution in [0, 0.1) is 17.8 Å². The summed E-state index contributed by atoms with van der Waals surface area (Å²) >= 11 is 0. The Morgan fingerprint density at radius 1 is 1.17 bits per heavy atom. The Balaban J connectivity index is 1.68. The standard InChI is InChI=1S/C17H33N3O3S/c1-14-10-15(2)12-19(11-14)8-5-7-18-17(21)16-6-4-9-20(13-16)24(3,22)23/h14-16H,4-13H2,1-3H3,(H,18,21)/t14-,15-,16-/m1/s1. The van der Waals surface area contributed by atoms with Crippen LogP contribution in [0.1, 0.15) is 39.5 Å². The van der Waals surface area contributed by atoms with Gasteiger partial charge in [0, 0.05) is 32.7 Å². The molecule has 0 bridgehead atoms. The molecule has 7 heteroatoms. The monoisotopic (exact) mass is 359 g/mol. The lowest BCUT2D eigenvalue weighted by Gasteiger charge is -2.35. The first-order valence-corrected chi connectivity index (χ1v) is 11.1. The quantitative estimate of drug-likeness (QED) is 0.722. The van der Waals surface area contributed by atoms with E-state index < -0.39 is 10.0 Å². The molecule has 0 saturated carbocycles. The van der Waals surface area contributed by atoms with Gasteiger partial charge < -0.3 is 10.2 Å². The smallest absolute Gasteiger partial charge is 0.224 e. The number of nitrogens with one attached hydrogen (secondary N) is 1. The highest BCUT2D eigenvalue weighted by molar-refractivity contribution is 7.88. The fourth-order valence-electron chi connectivity index (χ4n) is 4.09. The third kappa shape index (κ3) is 6.01. The Morgan fingerprint density at radius 2 is 1.83 bits per heavy atom. The minimum absolute atomic E-state index is 0.00345. The maximum Gasteiger partial charge on any atom is 0.224 e. The van der Waals surface area contributed by atoms with E-state index >= 15 is 0 Å².